The second kappa shape index (κ2) is 11.3. The zero-order valence-corrected chi connectivity index (χ0v) is 15.8. The maximum Gasteiger partial charge on any atom is 0.375 e. The van der Waals surface area contributed by atoms with Crippen molar-refractivity contribution in [1.29, 1.82) is 0 Å². The first kappa shape index (κ1) is 24.6. The molecule has 0 radical (unpaired) electrons. The van der Waals surface area contributed by atoms with Crippen LogP contribution in [0.25, 0.3) is 0 Å². The van der Waals surface area contributed by atoms with E-state index in [0.29, 0.717) is 0 Å². The highest BCUT2D eigenvalue weighted by Gasteiger charge is 2.39. The van der Waals surface area contributed by atoms with Crippen LogP contribution in [-0.2, 0) is 52.5 Å². The lowest BCUT2D eigenvalue weighted by atomic mass is 10.1. The fraction of sp³-hybridized carbons (Fsp3) is 0.500. The van der Waals surface area contributed by atoms with Gasteiger partial charge in [0.15, 0.2) is 6.10 Å². The normalized spacial score (nSPS) is 13.2. The monoisotopic (exact) mass is 404 g/mol. The van der Waals surface area contributed by atoms with Crippen LogP contribution in [0.2, 0.25) is 0 Å². The van der Waals surface area contributed by atoms with E-state index in [4.69, 9.17) is 18.9 Å². The fourth-order valence-electron chi connectivity index (χ4n) is 1.80. The van der Waals surface area contributed by atoms with Crippen LogP contribution in [0.15, 0.2) is 11.5 Å². The summed E-state index contributed by atoms with van der Waals surface area (Å²) in [6, 6.07) is 0. The molecule has 0 spiro atoms. The van der Waals surface area contributed by atoms with Gasteiger partial charge in [-0.1, -0.05) is 0 Å². The minimum Gasteiger partial charge on any atom is -0.475 e. The molecule has 12 nitrogen and oxygen atoms in total. The van der Waals surface area contributed by atoms with Crippen molar-refractivity contribution >= 4 is 35.8 Å². The third-order valence-electron chi connectivity index (χ3n) is 2.57. The molecule has 0 saturated carbocycles. The largest absolute Gasteiger partial charge is 0.475 e. The van der Waals surface area contributed by atoms with Crippen molar-refractivity contribution in [3.63, 3.8) is 0 Å². The molecule has 0 aromatic carbocycles. The Bertz CT molecular complexity index is 690. The second-order valence-corrected chi connectivity index (χ2v) is 5.17. The Balaban J connectivity index is 6.50. The zero-order valence-electron chi connectivity index (χ0n) is 15.8. The number of hydrogen-bond donors (Lipinski definition) is 1. The van der Waals surface area contributed by atoms with Crippen LogP contribution in [0.5, 0.6) is 0 Å². The summed E-state index contributed by atoms with van der Waals surface area (Å²) in [6.45, 7) is 4.02. The van der Waals surface area contributed by atoms with Crippen molar-refractivity contribution in [2.75, 3.05) is 6.61 Å². The van der Waals surface area contributed by atoms with Crippen LogP contribution < -0.4 is 0 Å². The average molecular weight is 404 g/mol. The van der Waals surface area contributed by atoms with Gasteiger partial charge in [0.2, 0.25) is 11.9 Å². The summed E-state index contributed by atoms with van der Waals surface area (Å²) in [5, 5.41) is 9.31. The summed E-state index contributed by atoms with van der Waals surface area (Å²) in [5.41, 5.74) is 0. The first-order chi connectivity index (χ1) is 12.8. The van der Waals surface area contributed by atoms with Crippen LogP contribution in [0.4, 0.5) is 0 Å². The van der Waals surface area contributed by atoms with Crippen molar-refractivity contribution in [2.45, 2.75) is 46.8 Å². The van der Waals surface area contributed by atoms with Crippen molar-refractivity contribution in [2.24, 2.45) is 0 Å². The van der Waals surface area contributed by atoms with Crippen LogP contribution in [0.1, 0.15) is 34.6 Å². The summed E-state index contributed by atoms with van der Waals surface area (Å²) in [6.07, 6.45) is -3.51. The molecule has 2 atom stereocenters. The molecule has 0 aliphatic rings. The number of carboxylic acids is 1. The summed E-state index contributed by atoms with van der Waals surface area (Å²) >= 11 is 0. The van der Waals surface area contributed by atoms with Gasteiger partial charge >= 0.3 is 35.8 Å². The SMILES string of the molecule is CC(=O)OCC(OC(C)=O)C(OC(C)=O)/C(OC(C)=O)=C(\OC(C)=O)C(=O)O. The Kier molecular flexibility index (Phi) is 9.92. The standard InChI is InChI=1S/C16H20O12/c1-7(17)24-6-12(25-8(2)18)13(26-9(3)19)14(27-10(4)20)15(16(22)23)28-11(5)21/h12-13H,6H2,1-5H3,(H,22,23)/b15-14+. The second-order valence-electron chi connectivity index (χ2n) is 5.17. The summed E-state index contributed by atoms with van der Waals surface area (Å²) in [7, 11) is 0. The number of aliphatic carboxylic acids is 1. The molecule has 1 N–H and O–H groups in total. The van der Waals surface area contributed by atoms with E-state index in [1.54, 1.807) is 0 Å². The van der Waals surface area contributed by atoms with Gasteiger partial charge in [0, 0.05) is 34.6 Å². The van der Waals surface area contributed by atoms with Gasteiger partial charge in [-0.15, -0.1) is 0 Å². The van der Waals surface area contributed by atoms with Gasteiger partial charge in [0.25, 0.3) is 5.76 Å². The lowest BCUT2D eigenvalue weighted by Crippen LogP contribution is -2.42. The third kappa shape index (κ3) is 9.31. The van der Waals surface area contributed by atoms with Crippen LogP contribution in [0.3, 0.4) is 0 Å². The molecule has 0 aromatic heterocycles. The molecule has 0 bridgehead atoms. The number of hydrogen-bond acceptors (Lipinski definition) is 11. The molecule has 12 heteroatoms. The first-order valence-electron chi connectivity index (χ1n) is 7.67. The van der Waals surface area contributed by atoms with Gasteiger partial charge in [0.05, 0.1) is 0 Å². The quantitative estimate of drug-likeness (QED) is 0.233. The number of rotatable bonds is 9. The Labute approximate surface area is 159 Å². The maximum absolute atomic E-state index is 11.5. The van der Waals surface area contributed by atoms with Gasteiger partial charge in [-0.3, -0.25) is 24.0 Å². The van der Waals surface area contributed by atoms with Crippen LogP contribution in [-0.4, -0.2) is 59.7 Å². The molecule has 0 rings (SSSR count). The van der Waals surface area contributed by atoms with Gasteiger partial charge in [-0.25, -0.2) is 4.79 Å². The van der Waals surface area contributed by atoms with E-state index < -0.39 is 66.1 Å². The predicted octanol–water partition coefficient (Wildman–Crippen LogP) is -0.165. The Hall–Kier alpha value is -3.44. The number of carbonyl (C=O) groups is 6. The molecule has 0 amide bonds. The van der Waals surface area contributed by atoms with E-state index >= 15 is 0 Å². The number of ether oxygens (including phenoxy) is 5. The van der Waals surface area contributed by atoms with E-state index in [0.717, 1.165) is 34.6 Å². The molecule has 156 valence electrons. The summed E-state index contributed by atoms with van der Waals surface area (Å²) in [5.74, 6) is -8.84. The molecule has 0 aliphatic heterocycles. The molecular formula is C16H20O12. The van der Waals surface area contributed by atoms with Crippen LogP contribution >= 0.6 is 0 Å². The molecule has 28 heavy (non-hydrogen) atoms. The van der Waals surface area contributed by atoms with E-state index in [9.17, 15) is 33.9 Å². The van der Waals surface area contributed by atoms with Crippen molar-refractivity contribution in [1.82, 2.24) is 0 Å². The van der Waals surface area contributed by atoms with Crippen molar-refractivity contribution in [3.05, 3.63) is 11.5 Å². The minimum atomic E-state index is -1.89. The van der Waals surface area contributed by atoms with E-state index in [1.807, 2.05) is 0 Å². The zero-order chi connectivity index (χ0) is 22.0. The predicted molar refractivity (Wildman–Crippen MR) is 85.9 cm³/mol. The molecule has 0 heterocycles. The average Bonchev–Trinajstić information content (AvgIpc) is 2.51. The maximum atomic E-state index is 11.5. The molecule has 0 aromatic rings. The number of esters is 5. The Morgan fingerprint density at radius 2 is 1.21 bits per heavy atom. The van der Waals surface area contributed by atoms with Gasteiger partial charge < -0.3 is 28.8 Å². The fourth-order valence-corrected chi connectivity index (χ4v) is 1.80. The highest BCUT2D eigenvalue weighted by Crippen LogP contribution is 2.22. The topological polar surface area (TPSA) is 169 Å². The third-order valence-corrected chi connectivity index (χ3v) is 2.57. The summed E-state index contributed by atoms with van der Waals surface area (Å²) in [4.78, 5) is 68.1. The highest BCUT2D eigenvalue weighted by atomic mass is 16.6. The van der Waals surface area contributed by atoms with E-state index in [1.165, 1.54) is 0 Å². The van der Waals surface area contributed by atoms with E-state index in [-0.39, 0.29) is 0 Å². The van der Waals surface area contributed by atoms with Crippen molar-refractivity contribution < 1.29 is 57.6 Å². The smallest absolute Gasteiger partial charge is 0.375 e. The Morgan fingerprint density at radius 1 is 0.714 bits per heavy atom. The highest BCUT2D eigenvalue weighted by molar-refractivity contribution is 5.89. The summed E-state index contributed by atoms with van der Waals surface area (Å²) < 4.78 is 23.9. The molecule has 0 saturated heterocycles. The minimum absolute atomic E-state index is 0.690. The molecule has 0 aliphatic carbocycles. The van der Waals surface area contributed by atoms with Gasteiger partial charge in [-0.05, 0) is 0 Å². The number of carboxylic acid groups (broad SMARTS) is 1. The molecular weight excluding hydrogens is 384 g/mol. The van der Waals surface area contributed by atoms with Gasteiger partial charge in [-0.2, -0.15) is 0 Å². The lowest BCUT2D eigenvalue weighted by Gasteiger charge is -2.27. The van der Waals surface area contributed by atoms with E-state index in [2.05, 4.69) is 4.74 Å². The number of carbonyl (C=O) groups excluding carboxylic acids is 5. The van der Waals surface area contributed by atoms with Gasteiger partial charge in [0.1, 0.15) is 6.61 Å². The lowest BCUT2D eigenvalue weighted by molar-refractivity contribution is -0.175. The molecule has 2 unspecified atom stereocenters. The molecule has 0 fully saturated rings. The van der Waals surface area contributed by atoms with Crippen LogP contribution in [0, 0.1) is 0 Å². The Morgan fingerprint density at radius 3 is 1.57 bits per heavy atom. The van der Waals surface area contributed by atoms with Crippen molar-refractivity contribution in [3.8, 4) is 0 Å². The first-order valence-corrected chi connectivity index (χ1v) is 7.67.